The maximum atomic E-state index is 12.4. The van der Waals surface area contributed by atoms with Gasteiger partial charge in [-0.05, 0) is 42.5 Å². The smallest absolute Gasteiger partial charge is 0.251 e. The Bertz CT molecular complexity index is 1170. The lowest BCUT2D eigenvalue weighted by Gasteiger charge is -2.11. The molecule has 29 heavy (non-hydrogen) atoms. The molecule has 0 aliphatic heterocycles. The van der Waals surface area contributed by atoms with E-state index >= 15 is 0 Å². The Hall–Kier alpha value is -2.55. The van der Waals surface area contributed by atoms with Crippen molar-refractivity contribution in [2.24, 2.45) is 0 Å². The van der Waals surface area contributed by atoms with Crippen LogP contribution in [0.15, 0.2) is 48.7 Å². The van der Waals surface area contributed by atoms with Gasteiger partial charge in [-0.3, -0.25) is 14.5 Å². The third-order valence-corrected chi connectivity index (χ3v) is 5.11. The van der Waals surface area contributed by atoms with E-state index in [1.807, 2.05) is 12.1 Å². The van der Waals surface area contributed by atoms with Gasteiger partial charge in [0.25, 0.3) is 5.91 Å². The molecule has 10 heteroatoms. The maximum absolute atomic E-state index is 12.4. The summed E-state index contributed by atoms with van der Waals surface area (Å²) in [6, 6.07) is 11.7. The molecule has 7 nitrogen and oxygen atoms in total. The molecule has 3 aromatic rings. The molecule has 3 rings (SSSR count). The van der Waals surface area contributed by atoms with Gasteiger partial charge in [-0.2, -0.15) is 0 Å². The molecule has 0 saturated carbocycles. The number of nitrogens with one attached hydrogen (secondary N) is 3. The predicted molar refractivity (Wildman–Crippen MR) is 117 cm³/mol. The van der Waals surface area contributed by atoms with Gasteiger partial charge in [0.1, 0.15) is 0 Å². The third-order valence-electron chi connectivity index (χ3n) is 3.95. The molecule has 1 aromatic heterocycles. The summed E-state index contributed by atoms with van der Waals surface area (Å²) in [5.41, 5.74) is 2.11. The first kappa shape index (κ1) is 21.2. The number of aromatic nitrogens is 1. The molecular weight excluding hydrogens is 435 g/mol. The highest BCUT2D eigenvalue weighted by Gasteiger charge is 2.11. The Morgan fingerprint density at radius 3 is 2.59 bits per heavy atom. The Kier molecular flexibility index (Phi) is 6.46. The van der Waals surface area contributed by atoms with E-state index in [1.54, 1.807) is 18.3 Å². The molecule has 0 aliphatic carbocycles. The zero-order valence-corrected chi connectivity index (χ0v) is 17.7. The summed E-state index contributed by atoms with van der Waals surface area (Å²) in [4.78, 5) is 16.6. The van der Waals surface area contributed by atoms with Crippen molar-refractivity contribution < 1.29 is 13.2 Å². The van der Waals surface area contributed by atoms with Crippen LogP contribution in [0, 0.1) is 0 Å². The number of halogens is 2. The molecule has 1 heterocycles. The zero-order valence-electron chi connectivity index (χ0n) is 15.4. The molecule has 1 amide bonds. The fourth-order valence-electron chi connectivity index (χ4n) is 2.70. The molecule has 0 radical (unpaired) electrons. The molecule has 2 aromatic carbocycles. The van der Waals surface area contributed by atoms with Crippen LogP contribution in [0.1, 0.15) is 10.4 Å². The number of benzene rings is 2. The number of fused-ring (bicyclic) bond motifs is 1. The number of carbonyl (C=O) groups excluding carboxylic acids is 1. The van der Waals surface area contributed by atoms with Crippen LogP contribution < -0.4 is 15.4 Å². The Labute approximate surface area is 178 Å². The summed E-state index contributed by atoms with van der Waals surface area (Å²) in [5.74, 6) is -0.341. The molecule has 0 atom stereocenters. The maximum Gasteiger partial charge on any atom is 0.251 e. The molecule has 0 unspecified atom stereocenters. The first-order valence-corrected chi connectivity index (χ1v) is 11.2. The third kappa shape index (κ3) is 5.72. The van der Waals surface area contributed by atoms with Gasteiger partial charge in [0.2, 0.25) is 10.0 Å². The van der Waals surface area contributed by atoms with Crippen LogP contribution in [-0.2, 0) is 10.0 Å². The van der Waals surface area contributed by atoms with Gasteiger partial charge in [0, 0.05) is 40.9 Å². The van der Waals surface area contributed by atoms with Gasteiger partial charge in [0.15, 0.2) is 0 Å². The lowest BCUT2D eigenvalue weighted by atomic mass is 10.2. The number of anilines is 2. The second kappa shape index (κ2) is 8.86. The Balaban J connectivity index is 1.60. The van der Waals surface area contributed by atoms with E-state index in [1.165, 1.54) is 18.2 Å². The monoisotopic (exact) mass is 452 g/mol. The fraction of sp³-hybridized carbons (Fsp3) is 0.158. The number of carbonyl (C=O) groups is 1. The van der Waals surface area contributed by atoms with Crippen LogP contribution in [0.25, 0.3) is 10.9 Å². The van der Waals surface area contributed by atoms with Gasteiger partial charge < -0.3 is 10.6 Å². The largest absolute Gasteiger partial charge is 0.383 e. The predicted octanol–water partition coefficient (Wildman–Crippen LogP) is 3.76. The number of hydrogen-bond donors (Lipinski definition) is 3. The van der Waals surface area contributed by atoms with E-state index in [9.17, 15) is 13.2 Å². The number of sulfonamides is 1. The molecule has 0 aliphatic rings. The molecular formula is C19H18Cl2N4O3S. The highest BCUT2D eigenvalue weighted by molar-refractivity contribution is 7.92. The summed E-state index contributed by atoms with van der Waals surface area (Å²) < 4.78 is 25.1. The number of nitrogens with zero attached hydrogens (tertiary/aromatic N) is 1. The van der Waals surface area contributed by atoms with Crippen molar-refractivity contribution in [1.29, 1.82) is 0 Å². The van der Waals surface area contributed by atoms with E-state index in [-0.39, 0.29) is 16.6 Å². The second-order valence-corrected chi connectivity index (χ2v) is 8.86. The average molecular weight is 453 g/mol. The number of pyridine rings is 1. The molecule has 0 bridgehead atoms. The van der Waals surface area contributed by atoms with Gasteiger partial charge in [-0.25, -0.2) is 8.42 Å². The minimum atomic E-state index is -3.50. The standard InChI is InChI=1S/C19H18Cl2N4O3S/c1-29(27,28)25-18-10-12(2-5-15(18)21)19(26)24-9-8-23-16-6-7-22-17-11-13(20)3-4-14(16)17/h2-7,10-11,25H,8-9H2,1H3,(H,22,23)(H,24,26). The van der Waals surface area contributed by atoms with Crippen molar-refractivity contribution >= 4 is 61.4 Å². The van der Waals surface area contributed by atoms with Crippen molar-refractivity contribution in [3.8, 4) is 0 Å². The second-order valence-electron chi connectivity index (χ2n) is 6.27. The summed E-state index contributed by atoms with van der Waals surface area (Å²) in [6.07, 6.45) is 2.70. The topological polar surface area (TPSA) is 100 Å². The van der Waals surface area contributed by atoms with Gasteiger partial charge in [-0.15, -0.1) is 0 Å². The molecule has 0 spiro atoms. The van der Waals surface area contributed by atoms with Gasteiger partial charge in [-0.1, -0.05) is 23.2 Å². The Morgan fingerprint density at radius 1 is 1.03 bits per heavy atom. The average Bonchev–Trinajstić information content (AvgIpc) is 2.65. The lowest BCUT2D eigenvalue weighted by molar-refractivity contribution is 0.0955. The normalized spacial score (nSPS) is 11.3. The molecule has 0 fully saturated rings. The summed E-state index contributed by atoms with van der Waals surface area (Å²) in [6.45, 7) is 0.837. The first-order chi connectivity index (χ1) is 13.7. The van der Waals surface area contributed by atoms with Crippen molar-refractivity contribution in [2.75, 3.05) is 29.4 Å². The quantitative estimate of drug-likeness (QED) is 0.473. The van der Waals surface area contributed by atoms with Crippen LogP contribution in [-0.4, -0.2) is 38.7 Å². The summed E-state index contributed by atoms with van der Waals surface area (Å²) >= 11 is 12.0. The zero-order chi connectivity index (χ0) is 21.0. The summed E-state index contributed by atoms with van der Waals surface area (Å²) in [7, 11) is -3.50. The SMILES string of the molecule is CS(=O)(=O)Nc1cc(C(=O)NCCNc2ccnc3cc(Cl)ccc23)ccc1Cl. The van der Waals surface area contributed by atoms with Crippen molar-refractivity contribution in [3.05, 3.63) is 64.3 Å². The highest BCUT2D eigenvalue weighted by atomic mass is 35.5. The van der Waals surface area contributed by atoms with E-state index < -0.39 is 10.0 Å². The first-order valence-electron chi connectivity index (χ1n) is 8.56. The molecule has 0 saturated heterocycles. The van der Waals surface area contributed by atoms with Gasteiger partial charge >= 0.3 is 0 Å². The van der Waals surface area contributed by atoms with Crippen LogP contribution in [0.5, 0.6) is 0 Å². The van der Waals surface area contributed by atoms with E-state index in [0.717, 1.165) is 22.8 Å². The van der Waals surface area contributed by atoms with Crippen molar-refractivity contribution in [3.63, 3.8) is 0 Å². The lowest BCUT2D eigenvalue weighted by Crippen LogP contribution is -2.28. The number of amides is 1. The van der Waals surface area contributed by atoms with Crippen LogP contribution in [0.4, 0.5) is 11.4 Å². The molecule has 3 N–H and O–H groups in total. The van der Waals surface area contributed by atoms with Crippen molar-refractivity contribution in [2.45, 2.75) is 0 Å². The number of hydrogen-bond acceptors (Lipinski definition) is 5. The Morgan fingerprint density at radius 2 is 1.83 bits per heavy atom. The summed E-state index contributed by atoms with van der Waals surface area (Å²) in [5, 5.41) is 7.78. The molecule has 152 valence electrons. The van der Waals surface area contributed by atoms with E-state index in [4.69, 9.17) is 23.2 Å². The minimum Gasteiger partial charge on any atom is -0.383 e. The minimum absolute atomic E-state index is 0.154. The number of rotatable bonds is 7. The van der Waals surface area contributed by atoms with Crippen LogP contribution >= 0.6 is 23.2 Å². The fourth-order valence-corrected chi connectivity index (χ4v) is 3.65. The van der Waals surface area contributed by atoms with E-state index in [0.29, 0.717) is 23.7 Å². The van der Waals surface area contributed by atoms with Crippen molar-refractivity contribution in [1.82, 2.24) is 10.3 Å². The van der Waals surface area contributed by atoms with Crippen LogP contribution in [0.2, 0.25) is 10.0 Å². The van der Waals surface area contributed by atoms with E-state index in [2.05, 4.69) is 20.3 Å². The van der Waals surface area contributed by atoms with Gasteiger partial charge in [0.05, 0.1) is 22.5 Å². The van der Waals surface area contributed by atoms with Crippen LogP contribution in [0.3, 0.4) is 0 Å². The highest BCUT2D eigenvalue weighted by Crippen LogP contribution is 2.25.